The second-order valence-electron chi connectivity index (χ2n) is 8.84. The number of benzene rings is 1. The molecular weight excluding hydrogens is 400 g/mol. The van der Waals surface area contributed by atoms with E-state index < -0.39 is 0 Å². The van der Waals surface area contributed by atoms with Crippen LogP contribution in [0.3, 0.4) is 0 Å². The van der Waals surface area contributed by atoms with Gasteiger partial charge in [-0.15, -0.1) is 0 Å². The lowest BCUT2D eigenvalue weighted by Gasteiger charge is -2.36. The third kappa shape index (κ3) is 3.91. The molecule has 0 N–H and O–H groups in total. The summed E-state index contributed by atoms with van der Waals surface area (Å²) in [5.41, 5.74) is 5.77. The number of anilines is 1. The topological polar surface area (TPSA) is 54.0 Å². The summed E-state index contributed by atoms with van der Waals surface area (Å²) in [6.45, 7) is 11.5. The van der Waals surface area contributed by atoms with Crippen LogP contribution >= 0.6 is 0 Å². The van der Waals surface area contributed by atoms with Gasteiger partial charge < -0.3 is 13.7 Å². The normalized spacial score (nSPS) is 15.2. The maximum absolute atomic E-state index is 12.9. The van der Waals surface area contributed by atoms with E-state index in [0.717, 1.165) is 59.7 Å². The first-order valence-corrected chi connectivity index (χ1v) is 11.5. The highest BCUT2D eigenvalue weighted by Crippen LogP contribution is 2.27. The number of aromatic nitrogens is 2. The van der Waals surface area contributed by atoms with Gasteiger partial charge in [-0.2, -0.15) is 0 Å². The molecule has 0 atom stereocenters. The summed E-state index contributed by atoms with van der Waals surface area (Å²) < 4.78 is 7.81. The van der Waals surface area contributed by atoms with Crippen molar-refractivity contribution in [2.24, 2.45) is 0 Å². The van der Waals surface area contributed by atoms with E-state index in [2.05, 4.69) is 33.8 Å². The van der Waals surface area contributed by atoms with Crippen molar-refractivity contribution < 1.29 is 4.42 Å². The number of unbranched alkanes of at least 4 members (excludes halogenated alkanes) is 1. The largest absolute Gasteiger partial charge is 0.422 e. The van der Waals surface area contributed by atoms with Gasteiger partial charge >= 0.3 is 5.63 Å². The minimum Gasteiger partial charge on any atom is -0.422 e. The van der Waals surface area contributed by atoms with Crippen LogP contribution in [0.25, 0.3) is 27.6 Å². The fraction of sp³-hybridized carbons (Fsp3) is 0.385. The van der Waals surface area contributed by atoms with Crippen LogP contribution in [-0.4, -0.2) is 47.0 Å². The number of aryl methyl sites for hydroxylation is 2. The lowest BCUT2D eigenvalue weighted by atomic mass is 10.1. The monoisotopic (exact) mass is 430 g/mol. The molecule has 1 saturated heterocycles. The molecule has 0 bridgehead atoms. The van der Waals surface area contributed by atoms with Crippen molar-refractivity contribution in [1.82, 2.24) is 14.3 Å². The van der Waals surface area contributed by atoms with Crippen molar-refractivity contribution in [1.29, 1.82) is 0 Å². The molecule has 1 aromatic carbocycles. The molecule has 0 saturated carbocycles. The molecular formula is C26H30N4O2. The predicted octanol–water partition coefficient (Wildman–Crippen LogP) is 4.65. The second kappa shape index (κ2) is 8.43. The predicted molar refractivity (Wildman–Crippen MR) is 130 cm³/mol. The van der Waals surface area contributed by atoms with E-state index in [1.165, 1.54) is 19.4 Å². The zero-order chi connectivity index (χ0) is 22.2. The Morgan fingerprint density at radius 2 is 1.84 bits per heavy atom. The number of piperazine rings is 1. The Hall–Kier alpha value is -3.12. The van der Waals surface area contributed by atoms with Gasteiger partial charge in [0.2, 0.25) is 0 Å². The van der Waals surface area contributed by atoms with Crippen molar-refractivity contribution in [3.63, 3.8) is 0 Å². The van der Waals surface area contributed by atoms with Gasteiger partial charge in [-0.25, -0.2) is 4.79 Å². The SMILES string of the molecule is CCCCN1CCN(c2ccc3cc(-c4cc5c(C)nc(C)cn5c4)c(=O)oc3c2)CC1. The van der Waals surface area contributed by atoms with E-state index in [0.29, 0.717) is 11.1 Å². The smallest absolute Gasteiger partial charge is 0.344 e. The Balaban J connectivity index is 1.43. The Kier molecular flexibility index (Phi) is 5.47. The second-order valence-corrected chi connectivity index (χ2v) is 8.84. The van der Waals surface area contributed by atoms with Crippen LogP contribution in [0.2, 0.25) is 0 Å². The van der Waals surface area contributed by atoms with E-state index in [4.69, 9.17) is 4.42 Å². The highest BCUT2D eigenvalue weighted by atomic mass is 16.4. The van der Waals surface area contributed by atoms with Crippen molar-refractivity contribution in [2.75, 3.05) is 37.6 Å². The molecule has 32 heavy (non-hydrogen) atoms. The summed E-state index contributed by atoms with van der Waals surface area (Å²) in [6.07, 6.45) is 6.45. The Labute approximate surface area is 188 Å². The third-order valence-electron chi connectivity index (χ3n) is 6.49. The average molecular weight is 431 g/mol. The number of rotatable bonds is 5. The molecule has 6 heteroatoms. The van der Waals surface area contributed by atoms with Gasteiger partial charge in [-0.1, -0.05) is 13.3 Å². The summed E-state index contributed by atoms with van der Waals surface area (Å²) in [5.74, 6) is 0. The molecule has 0 spiro atoms. The van der Waals surface area contributed by atoms with Crippen molar-refractivity contribution in [3.8, 4) is 11.1 Å². The standard InChI is InChI=1S/C26H30N4O2/c1-4-5-8-28-9-11-29(12-10-28)22-7-6-20-13-23(26(31)32-25(20)15-22)21-14-24-19(3)27-18(2)16-30(24)17-21/h6-7,13-17H,4-5,8-12H2,1-3H3. The number of fused-ring (bicyclic) bond motifs is 2. The van der Waals surface area contributed by atoms with E-state index >= 15 is 0 Å². The zero-order valence-electron chi connectivity index (χ0n) is 19.1. The molecule has 0 unspecified atom stereocenters. The number of hydrogen-bond acceptors (Lipinski definition) is 5. The Morgan fingerprint density at radius 1 is 1.03 bits per heavy atom. The van der Waals surface area contributed by atoms with Gasteiger partial charge in [-0.05, 0) is 51.1 Å². The molecule has 0 radical (unpaired) electrons. The fourth-order valence-electron chi connectivity index (χ4n) is 4.69. The van der Waals surface area contributed by atoms with Crippen LogP contribution in [-0.2, 0) is 0 Å². The van der Waals surface area contributed by atoms with Gasteiger partial charge in [-0.3, -0.25) is 9.88 Å². The maximum Gasteiger partial charge on any atom is 0.344 e. The van der Waals surface area contributed by atoms with Crippen LogP contribution in [0.4, 0.5) is 5.69 Å². The quantitative estimate of drug-likeness (QED) is 0.432. The lowest BCUT2D eigenvalue weighted by molar-refractivity contribution is 0.254. The first-order chi connectivity index (χ1) is 15.5. The van der Waals surface area contributed by atoms with Crippen LogP contribution < -0.4 is 10.5 Å². The first-order valence-electron chi connectivity index (χ1n) is 11.5. The Morgan fingerprint density at radius 3 is 2.62 bits per heavy atom. The van der Waals surface area contributed by atoms with Crippen LogP contribution in [0, 0.1) is 13.8 Å². The zero-order valence-corrected chi connectivity index (χ0v) is 19.1. The number of nitrogens with zero attached hydrogens (tertiary/aromatic N) is 4. The average Bonchev–Trinajstić information content (AvgIpc) is 3.21. The highest BCUT2D eigenvalue weighted by Gasteiger charge is 2.18. The molecule has 0 aliphatic carbocycles. The fourth-order valence-corrected chi connectivity index (χ4v) is 4.69. The minimum atomic E-state index is -0.308. The van der Waals surface area contributed by atoms with Gasteiger partial charge in [0.15, 0.2) is 0 Å². The van der Waals surface area contributed by atoms with Gasteiger partial charge in [0.05, 0.1) is 22.5 Å². The van der Waals surface area contributed by atoms with Gasteiger partial charge in [0, 0.05) is 61.3 Å². The highest BCUT2D eigenvalue weighted by molar-refractivity contribution is 5.85. The van der Waals surface area contributed by atoms with Crippen molar-refractivity contribution >= 4 is 22.2 Å². The van der Waals surface area contributed by atoms with Crippen molar-refractivity contribution in [2.45, 2.75) is 33.6 Å². The molecule has 4 aromatic rings. The van der Waals surface area contributed by atoms with Gasteiger partial charge in [0.1, 0.15) is 5.58 Å². The van der Waals surface area contributed by atoms with E-state index in [-0.39, 0.29) is 5.63 Å². The van der Waals surface area contributed by atoms with Gasteiger partial charge in [0.25, 0.3) is 0 Å². The van der Waals surface area contributed by atoms with Crippen molar-refractivity contribution in [3.05, 3.63) is 64.5 Å². The van der Waals surface area contributed by atoms with Crippen LogP contribution in [0.1, 0.15) is 31.2 Å². The first kappa shape index (κ1) is 20.8. The summed E-state index contributed by atoms with van der Waals surface area (Å²) in [7, 11) is 0. The Bertz CT molecular complexity index is 1330. The molecule has 0 amide bonds. The lowest BCUT2D eigenvalue weighted by Crippen LogP contribution is -2.46. The molecule has 3 aromatic heterocycles. The summed E-state index contributed by atoms with van der Waals surface area (Å²) in [5, 5.41) is 0.936. The molecule has 166 valence electrons. The van der Waals surface area contributed by atoms with Crippen LogP contribution in [0.15, 0.2) is 51.9 Å². The molecule has 1 aliphatic heterocycles. The summed E-state index contributed by atoms with van der Waals surface area (Å²) in [4.78, 5) is 22.3. The molecule has 5 rings (SSSR count). The van der Waals surface area contributed by atoms with E-state index in [1.54, 1.807) is 0 Å². The van der Waals surface area contributed by atoms with E-state index in [1.807, 2.05) is 48.8 Å². The number of hydrogen-bond donors (Lipinski definition) is 0. The summed E-state index contributed by atoms with van der Waals surface area (Å²) >= 11 is 0. The molecule has 6 nitrogen and oxygen atoms in total. The summed E-state index contributed by atoms with van der Waals surface area (Å²) in [6, 6.07) is 10.2. The van der Waals surface area contributed by atoms with Crippen LogP contribution in [0.5, 0.6) is 0 Å². The van der Waals surface area contributed by atoms with E-state index in [9.17, 15) is 4.79 Å². The molecule has 4 heterocycles. The third-order valence-corrected chi connectivity index (χ3v) is 6.49. The molecule has 1 aliphatic rings. The minimum absolute atomic E-state index is 0.308. The molecule has 1 fully saturated rings. The maximum atomic E-state index is 12.9.